The lowest BCUT2D eigenvalue weighted by molar-refractivity contribution is 0.313. The molecule has 15 heterocycles. The quantitative estimate of drug-likeness (QED) is 0.0742. The van der Waals surface area contributed by atoms with Crippen LogP contribution in [0.15, 0.2) is 267 Å². The third-order valence-corrected chi connectivity index (χ3v) is 23.9. The highest BCUT2D eigenvalue weighted by molar-refractivity contribution is 5.69. The molecule has 30 nitrogen and oxygen atoms in total. The summed E-state index contributed by atoms with van der Waals surface area (Å²) in [6.45, 7) is 22.9. The van der Waals surface area contributed by atoms with Crippen LogP contribution in [0.5, 0.6) is 28.7 Å². The number of hydrogen-bond acceptors (Lipinski definition) is 25. The van der Waals surface area contributed by atoms with Gasteiger partial charge in [0, 0.05) is 212 Å². The Bertz CT molecular complexity index is 6600. The second-order valence-corrected chi connectivity index (χ2v) is 32.9. The van der Waals surface area contributed by atoms with Gasteiger partial charge in [0.15, 0.2) is 0 Å². The van der Waals surface area contributed by atoms with Crippen LogP contribution in [0.1, 0.15) is 27.2 Å². The Labute approximate surface area is 753 Å². The van der Waals surface area contributed by atoms with Gasteiger partial charge in [0.05, 0.1) is 92.5 Å². The second kappa shape index (κ2) is 41.2. The summed E-state index contributed by atoms with van der Waals surface area (Å²) >= 11 is 0. The zero-order chi connectivity index (χ0) is 90.3. The number of likely N-dealkylation sites (N-methyl/N-ethyl adjacent to an activating group) is 1. The van der Waals surface area contributed by atoms with E-state index in [0.29, 0.717) is 74.8 Å². The van der Waals surface area contributed by atoms with Gasteiger partial charge in [0.2, 0.25) is 0 Å². The molecule has 15 aromatic rings. The largest absolute Gasteiger partial charge is 0.497 e. The molecule has 0 radical (unpaired) electrons. The lowest BCUT2D eigenvalue weighted by Gasteiger charge is -2.37. The number of benzene rings is 5. The van der Waals surface area contributed by atoms with Gasteiger partial charge in [-0.2, -0.15) is 0 Å². The van der Waals surface area contributed by atoms with Crippen molar-refractivity contribution in [1.82, 2.24) is 73.1 Å². The molecule has 0 bridgehead atoms. The normalized spacial score (nSPS) is 16.6. The van der Waals surface area contributed by atoms with Gasteiger partial charge >= 0.3 is 0 Å². The van der Waals surface area contributed by atoms with Crippen LogP contribution in [-0.4, -0.2) is 224 Å². The van der Waals surface area contributed by atoms with E-state index in [2.05, 4.69) is 103 Å². The number of methoxy groups -OCH3 is 5. The Balaban J connectivity index is 0.000000119. The van der Waals surface area contributed by atoms with Crippen molar-refractivity contribution in [2.24, 2.45) is 0 Å². The number of rotatable bonds is 15. The summed E-state index contributed by atoms with van der Waals surface area (Å²) in [7, 11) is 10.3. The smallest absolute Gasteiger partial charge is 0.258 e. The molecule has 0 amide bonds. The van der Waals surface area contributed by atoms with Crippen molar-refractivity contribution in [3.8, 4) is 85.0 Å². The molecular formula is C100H110N20O10. The molecule has 130 heavy (non-hydrogen) atoms. The average molecular weight is 1750 g/mol. The number of fused-ring (bicyclic) bond motifs is 5. The van der Waals surface area contributed by atoms with Crippen molar-refractivity contribution in [3.05, 3.63) is 295 Å². The Hall–Kier alpha value is -14.3. The minimum atomic E-state index is -0.0797. The van der Waals surface area contributed by atoms with Crippen molar-refractivity contribution in [3.63, 3.8) is 0 Å². The van der Waals surface area contributed by atoms with Gasteiger partial charge in [0.25, 0.3) is 27.8 Å². The highest BCUT2D eigenvalue weighted by Gasteiger charge is 2.24. The number of nitrogens with zero attached hydrogens (tertiary/aromatic N) is 16. The average Bonchev–Trinajstić information content (AvgIpc) is 0.847. The molecule has 5 saturated heterocycles. The molecule has 5 aromatic carbocycles. The first kappa shape index (κ1) is 89.1. The number of ether oxygens (including phenoxy) is 5. The van der Waals surface area contributed by atoms with Crippen LogP contribution >= 0.6 is 0 Å². The van der Waals surface area contributed by atoms with E-state index in [1.54, 1.807) is 87.9 Å². The number of aromatic nitrogens is 10. The molecule has 0 unspecified atom stereocenters. The van der Waals surface area contributed by atoms with Crippen LogP contribution in [-0.2, 0) is 0 Å². The third kappa shape index (κ3) is 21.4. The first-order chi connectivity index (χ1) is 63.3. The Morgan fingerprint density at radius 2 is 0.531 bits per heavy atom. The van der Waals surface area contributed by atoms with E-state index < -0.39 is 0 Å². The Morgan fingerprint density at radius 3 is 0.823 bits per heavy atom. The van der Waals surface area contributed by atoms with Gasteiger partial charge in [-0.1, -0.05) is 0 Å². The van der Waals surface area contributed by atoms with Gasteiger partial charge in [-0.05, 0) is 223 Å². The maximum Gasteiger partial charge on any atom is 0.258 e. The number of nitrogens with one attached hydrogen (secondary N) is 4. The molecule has 5 aliphatic rings. The Morgan fingerprint density at radius 1 is 0.277 bits per heavy atom. The van der Waals surface area contributed by atoms with E-state index in [-0.39, 0.29) is 27.8 Å². The maximum atomic E-state index is 12.7. The summed E-state index contributed by atoms with van der Waals surface area (Å²) in [5.74, 6) is 3.90. The fraction of sp³-hybridized carbons (Fsp3) is 0.300. The van der Waals surface area contributed by atoms with Gasteiger partial charge < -0.3 is 74.4 Å². The van der Waals surface area contributed by atoms with Crippen LogP contribution < -0.4 is 97.2 Å². The van der Waals surface area contributed by atoms with Gasteiger partial charge in [-0.25, -0.2) is 24.9 Å². The SMILES string of the molecule is COc1ccc(-c2cc(=O)n3cc(N4CCCNCC4)ccc3n2)cc1.COc1ccc(-c2cc(=O)n3cc(N4CCN(C)CC4)ccc3n2)cc1.COc1ccc(-c2cc(=O)n3cc(N4CCNCC4)ccc3n2)cc1.COc1ccc(-c2cc(=O)n3cc(N4CCN[C@H](C)C4)ccc3n2)cc1.COc1ccc(-c2cc(=O)n3cc(N4C[C@@H](C)N[C@@H](C)C4)ccc3n2)cc1. The van der Waals surface area contributed by atoms with Gasteiger partial charge in [-0.15, -0.1) is 0 Å². The summed E-state index contributed by atoms with van der Waals surface area (Å²) < 4.78 is 34.0. The number of anilines is 5. The minimum Gasteiger partial charge on any atom is -0.497 e. The van der Waals surface area contributed by atoms with Crippen molar-refractivity contribution in [2.45, 2.75) is 45.3 Å². The van der Waals surface area contributed by atoms with E-state index in [1.807, 2.05) is 213 Å². The van der Waals surface area contributed by atoms with Crippen molar-refractivity contribution in [2.75, 3.05) is 178 Å². The highest BCUT2D eigenvalue weighted by atomic mass is 16.5. The van der Waals surface area contributed by atoms with Crippen molar-refractivity contribution in [1.29, 1.82) is 0 Å². The lowest BCUT2D eigenvalue weighted by atomic mass is 10.1. The summed E-state index contributed by atoms with van der Waals surface area (Å²) in [4.78, 5) is 100. The zero-order valence-electron chi connectivity index (χ0n) is 74.8. The van der Waals surface area contributed by atoms with E-state index in [9.17, 15) is 24.0 Å². The summed E-state index contributed by atoms with van der Waals surface area (Å²) in [5, 5.41) is 13.7. The van der Waals surface area contributed by atoms with E-state index >= 15 is 0 Å². The number of pyridine rings is 5. The molecule has 0 saturated carbocycles. The molecule has 4 N–H and O–H groups in total. The fourth-order valence-electron chi connectivity index (χ4n) is 16.7. The predicted octanol–water partition coefficient (Wildman–Crippen LogP) is 10.8. The van der Waals surface area contributed by atoms with Crippen LogP contribution in [0.25, 0.3) is 84.5 Å². The van der Waals surface area contributed by atoms with Gasteiger partial charge in [-0.3, -0.25) is 46.0 Å². The van der Waals surface area contributed by atoms with E-state index in [4.69, 9.17) is 23.7 Å². The molecule has 30 heteroatoms. The number of piperazine rings is 4. The highest BCUT2D eigenvalue weighted by Crippen LogP contribution is 2.30. The first-order valence-corrected chi connectivity index (χ1v) is 44.0. The van der Waals surface area contributed by atoms with Crippen molar-refractivity contribution >= 4 is 56.7 Å². The molecule has 10 aromatic heterocycles. The van der Waals surface area contributed by atoms with Crippen LogP contribution in [0.2, 0.25) is 0 Å². The summed E-state index contributed by atoms with van der Waals surface area (Å²) in [6.07, 6.45) is 10.6. The molecule has 20 rings (SSSR count). The topological polar surface area (TPSA) is 286 Å². The molecule has 5 fully saturated rings. The van der Waals surface area contributed by atoms with Crippen molar-refractivity contribution < 1.29 is 23.7 Å². The molecule has 3 atom stereocenters. The minimum absolute atomic E-state index is 0.0724. The monoisotopic (exact) mass is 1750 g/mol. The predicted molar refractivity (Wildman–Crippen MR) is 516 cm³/mol. The van der Waals surface area contributed by atoms with Crippen LogP contribution in [0.3, 0.4) is 0 Å². The van der Waals surface area contributed by atoms with Gasteiger partial charge in [0.1, 0.15) is 57.0 Å². The van der Waals surface area contributed by atoms with E-state index in [0.717, 1.165) is 203 Å². The Kier molecular flexibility index (Phi) is 28.2. The standard InChI is InChI=1S/C21H24N4O2.3C20H22N4O2.C19H20N4O2/c1-14-11-24(12-15(2)22-14)17-6-9-20-23-19(10-21(26)25(20)13-17)16-4-7-18(27-3)8-5-16;1-22-9-11-23(12-10-22)16-5-8-19-21-18(13-20(25)24(19)14-16)15-3-6-17(26-2)7-4-15;1-14-12-23(10-9-21-14)16-5-8-19-22-18(11-20(25)24(19)13-16)15-3-6-17(26-2)7-4-15;1-26-17-6-3-15(4-7-17)18-13-20(25)24-14-16(5-8-19(24)22-18)23-11-2-9-21-10-12-23;1-25-16-5-2-14(3-6-16)17-12-19(24)23-13-15(4-7-18(23)21-17)22-10-8-20-9-11-22/h4-10,13-15,22H,11-12H2,1-3H3;3-8,13-14H,9-12H2,1-2H3;3-8,11,13-14,21H,9-10,12H2,1-2H3;3-8,13-14,21H,2,9-12H2,1H3;2-7,12-13,20H,8-11H2,1H3/t14-,15+;;14-;;/m..1../s1. The van der Waals surface area contributed by atoms with E-state index in [1.165, 1.54) is 0 Å². The summed E-state index contributed by atoms with van der Waals surface area (Å²) in [5.41, 5.74) is 16.0. The summed E-state index contributed by atoms with van der Waals surface area (Å²) in [6, 6.07) is 66.8. The molecule has 5 aliphatic heterocycles. The van der Waals surface area contributed by atoms with Crippen LogP contribution in [0.4, 0.5) is 28.4 Å². The molecule has 670 valence electrons. The second-order valence-electron chi connectivity index (χ2n) is 32.9. The first-order valence-electron chi connectivity index (χ1n) is 44.0. The van der Waals surface area contributed by atoms with Crippen LogP contribution in [0, 0.1) is 0 Å². The molecule has 0 aliphatic carbocycles. The number of hydrogen-bond donors (Lipinski definition) is 4. The fourth-order valence-corrected chi connectivity index (χ4v) is 16.7. The maximum absolute atomic E-state index is 12.7. The zero-order valence-corrected chi connectivity index (χ0v) is 74.8. The third-order valence-electron chi connectivity index (χ3n) is 23.9. The molecule has 0 spiro atoms. The lowest BCUT2D eigenvalue weighted by Crippen LogP contribution is -2.54. The molecular weight excluding hydrogens is 1640 g/mol.